The van der Waals surface area contributed by atoms with Crippen LogP contribution < -0.4 is 5.73 Å². The van der Waals surface area contributed by atoms with Crippen LogP contribution in [-0.4, -0.2) is 81.8 Å². The molecule has 4 aliphatic carbocycles. The van der Waals surface area contributed by atoms with E-state index in [0.717, 1.165) is 6.08 Å². The van der Waals surface area contributed by atoms with Gasteiger partial charge in [-0.3, -0.25) is 33.7 Å². The number of fused-ring (bicyclic) bond motifs is 3. The van der Waals surface area contributed by atoms with E-state index in [1.807, 2.05) is 0 Å². The average Bonchev–Trinajstić information content (AvgIpc) is 2.69. The van der Waals surface area contributed by atoms with Crippen molar-refractivity contribution in [2.75, 3.05) is 14.1 Å². The second kappa shape index (κ2) is 7.24. The Morgan fingerprint density at radius 1 is 1.12 bits per heavy atom. The van der Waals surface area contributed by atoms with Gasteiger partial charge in [-0.2, -0.15) is 0 Å². The van der Waals surface area contributed by atoms with Crippen molar-refractivity contribution in [3.63, 3.8) is 0 Å². The molecule has 0 spiro atoms. The molecule has 4 rings (SSSR count). The van der Waals surface area contributed by atoms with Gasteiger partial charge < -0.3 is 15.9 Å². The van der Waals surface area contributed by atoms with Crippen LogP contribution in [0.15, 0.2) is 22.8 Å². The van der Waals surface area contributed by atoms with Gasteiger partial charge in [0.05, 0.1) is 18.1 Å². The van der Waals surface area contributed by atoms with E-state index in [0.29, 0.717) is 0 Å². The number of nitrogens with zero attached hydrogens (tertiary/aromatic N) is 1. The number of amides is 1. The number of Topliss-reactive ketones (excluding diaryl/α,β-unsaturated/α-hetero) is 4. The van der Waals surface area contributed by atoms with E-state index in [2.05, 4.69) is 0 Å². The summed E-state index contributed by atoms with van der Waals surface area (Å²) in [7, 11) is 2.94. The van der Waals surface area contributed by atoms with Crippen molar-refractivity contribution in [2.45, 2.75) is 24.2 Å². The second-order valence-electron chi connectivity index (χ2n) is 8.94. The fourth-order valence-corrected chi connectivity index (χ4v) is 6.07. The summed E-state index contributed by atoms with van der Waals surface area (Å²) in [6.07, 6.45) is 0.548. The van der Waals surface area contributed by atoms with Crippen LogP contribution >= 0.6 is 11.6 Å². The monoisotopic (exact) mass is 464 g/mol. The SMILES string of the molecule is CN(C)[C@@H]1C(=O)C(C(N)=O)C(=O)[C@]2(O)C(=O)C3C(=O)C4C(=O)C=CC(Cl)=C4[C@@H](O)[C@H]3C[C@@H]12. The van der Waals surface area contributed by atoms with Crippen molar-refractivity contribution in [3.8, 4) is 0 Å². The largest absolute Gasteiger partial charge is 0.388 e. The van der Waals surface area contributed by atoms with Crippen molar-refractivity contribution in [1.82, 2.24) is 4.90 Å². The first-order valence-corrected chi connectivity index (χ1v) is 10.4. The molecule has 4 N–H and O–H groups in total. The number of nitrogens with two attached hydrogens (primary N) is 1. The Labute approximate surface area is 187 Å². The van der Waals surface area contributed by atoms with Gasteiger partial charge in [-0.1, -0.05) is 11.6 Å². The Bertz CT molecular complexity index is 1060. The molecule has 3 unspecified atom stereocenters. The highest BCUT2D eigenvalue weighted by Crippen LogP contribution is 2.52. The molecule has 32 heavy (non-hydrogen) atoms. The summed E-state index contributed by atoms with van der Waals surface area (Å²) in [5.41, 5.74) is 2.35. The van der Waals surface area contributed by atoms with Crippen LogP contribution in [0.3, 0.4) is 0 Å². The lowest BCUT2D eigenvalue weighted by Gasteiger charge is -2.54. The number of carbonyl (C=O) groups excluding carboxylic acids is 6. The number of hydrogen-bond donors (Lipinski definition) is 3. The fraction of sp³-hybridized carbons (Fsp3) is 0.524. The third-order valence-corrected chi connectivity index (χ3v) is 7.51. The Kier molecular flexibility index (Phi) is 5.13. The molecule has 0 radical (unpaired) electrons. The number of likely N-dealkylation sites (N-methyl/N-ethyl adjacent to an activating group) is 1. The van der Waals surface area contributed by atoms with Gasteiger partial charge in [-0.15, -0.1) is 0 Å². The van der Waals surface area contributed by atoms with Crippen molar-refractivity contribution >= 4 is 46.4 Å². The molecule has 8 atom stereocenters. The quantitative estimate of drug-likeness (QED) is 0.387. The molecule has 4 aliphatic rings. The van der Waals surface area contributed by atoms with Crippen LogP contribution in [0.1, 0.15) is 6.42 Å². The van der Waals surface area contributed by atoms with E-state index in [9.17, 15) is 39.0 Å². The minimum absolute atomic E-state index is 0.00377. The first-order valence-electron chi connectivity index (χ1n) is 9.99. The molecule has 0 heterocycles. The molecular weight excluding hydrogens is 444 g/mol. The summed E-state index contributed by atoms with van der Waals surface area (Å²) in [4.78, 5) is 78.5. The maximum atomic E-state index is 13.5. The highest BCUT2D eigenvalue weighted by Gasteiger charge is 2.71. The van der Waals surface area contributed by atoms with Gasteiger partial charge in [-0.25, -0.2) is 0 Å². The molecule has 0 bridgehead atoms. The van der Waals surface area contributed by atoms with Gasteiger partial charge >= 0.3 is 0 Å². The zero-order valence-corrected chi connectivity index (χ0v) is 17.9. The Morgan fingerprint density at radius 3 is 2.31 bits per heavy atom. The molecule has 3 fully saturated rings. The molecule has 170 valence electrons. The summed E-state index contributed by atoms with van der Waals surface area (Å²) >= 11 is 6.15. The first kappa shape index (κ1) is 22.7. The van der Waals surface area contributed by atoms with Gasteiger partial charge in [0.15, 0.2) is 40.4 Å². The predicted molar refractivity (Wildman–Crippen MR) is 107 cm³/mol. The number of aliphatic hydroxyl groups excluding tert-OH is 1. The maximum Gasteiger partial charge on any atom is 0.235 e. The molecule has 10 nitrogen and oxygen atoms in total. The third kappa shape index (κ3) is 2.70. The molecule has 11 heteroatoms. The smallest absolute Gasteiger partial charge is 0.235 e. The average molecular weight is 465 g/mol. The summed E-state index contributed by atoms with van der Waals surface area (Å²) in [6.45, 7) is 0. The number of halogens is 1. The highest BCUT2D eigenvalue weighted by atomic mass is 35.5. The van der Waals surface area contributed by atoms with E-state index in [4.69, 9.17) is 17.3 Å². The maximum absolute atomic E-state index is 13.5. The minimum Gasteiger partial charge on any atom is -0.388 e. The van der Waals surface area contributed by atoms with Crippen LogP contribution in [-0.2, 0) is 28.8 Å². The van der Waals surface area contributed by atoms with Crippen molar-refractivity contribution in [3.05, 3.63) is 22.8 Å². The van der Waals surface area contributed by atoms with Gasteiger partial charge in [0.1, 0.15) is 5.92 Å². The third-order valence-electron chi connectivity index (χ3n) is 7.17. The van der Waals surface area contributed by atoms with Gasteiger partial charge in [0.25, 0.3) is 0 Å². The van der Waals surface area contributed by atoms with Crippen molar-refractivity contribution < 1.29 is 39.0 Å². The number of primary amides is 1. The summed E-state index contributed by atoms with van der Waals surface area (Å²) < 4.78 is 0. The Hall–Kier alpha value is -2.53. The topological polar surface area (TPSA) is 172 Å². The van der Waals surface area contributed by atoms with E-state index in [1.54, 1.807) is 0 Å². The number of aliphatic hydroxyl groups is 2. The van der Waals surface area contributed by atoms with E-state index in [-0.39, 0.29) is 17.0 Å². The van der Waals surface area contributed by atoms with Gasteiger partial charge in [0.2, 0.25) is 5.91 Å². The van der Waals surface area contributed by atoms with Crippen LogP contribution in [0.25, 0.3) is 0 Å². The minimum atomic E-state index is -2.85. The summed E-state index contributed by atoms with van der Waals surface area (Å²) in [6, 6.07) is -1.25. The fourth-order valence-electron chi connectivity index (χ4n) is 5.78. The number of allylic oxidation sites excluding steroid dienone is 3. The Balaban J connectivity index is 1.89. The van der Waals surface area contributed by atoms with Gasteiger partial charge in [0, 0.05) is 16.9 Å². The molecular formula is C21H21ClN2O8. The van der Waals surface area contributed by atoms with Crippen molar-refractivity contribution in [2.24, 2.45) is 35.3 Å². The normalized spacial score (nSPS) is 41.6. The van der Waals surface area contributed by atoms with E-state index < -0.39 is 82.2 Å². The number of hydrogen-bond acceptors (Lipinski definition) is 9. The molecule has 0 aromatic heterocycles. The molecule has 3 saturated carbocycles. The molecule has 1 amide bonds. The number of ketones is 5. The standard InChI is InChI=1S/C21H21ClN2O8/c1-24(2)14-7-5-6-10(16(27)12-9(25)4-3-8(22)11(12)15(6)26)18(29)21(7,32)19(30)13(17(14)28)20(23)31/h3-4,6-7,10,12-15,26,32H,5H2,1-2H3,(H2,23,31)/t6-,7-,10?,12?,13?,14-,15-,21+/m0/s1. The lowest BCUT2D eigenvalue weighted by atomic mass is 9.50. The van der Waals surface area contributed by atoms with Crippen LogP contribution in [0.5, 0.6) is 0 Å². The van der Waals surface area contributed by atoms with Crippen molar-refractivity contribution in [1.29, 1.82) is 0 Å². The molecule has 0 aromatic carbocycles. The number of carbonyl (C=O) groups is 6. The predicted octanol–water partition coefficient (Wildman–Crippen LogP) is -2.09. The summed E-state index contributed by atoms with van der Waals surface area (Å²) in [5.74, 6) is -14.1. The molecule has 0 aromatic rings. The zero-order valence-electron chi connectivity index (χ0n) is 17.1. The zero-order chi connectivity index (χ0) is 23.9. The summed E-state index contributed by atoms with van der Waals surface area (Å²) in [5, 5.41) is 22.4. The van der Waals surface area contributed by atoms with Crippen LogP contribution in [0.2, 0.25) is 0 Å². The number of rotatable bonds is 2. The van der Waals surface area contributed by atoms with Crippen LogP contribution in [0, 0.1) is 29.6 Å². The highest BCUT2D eigenvalue weighted by molar-refractivity contribution is 6.35. The lowest BCUT2D eigenvalue weighted by Crippen LogP contribution is -2.75. The van der Waals surface area contributed by atoms with Crippen LogP contribution in [0.4, 0.5) is 0 Å². The molecule has 0 saturated heterocycles. The van der Waals surface area contributed by atoms with E-state index >= 15 is 0 Å². The van der Waals surface area contributed by atoms with E-state index in [1.165, 1.54) is 25.1 Å². The first-order chi connectivity index (χ1) is 14.8. The second-order valence-corrected chi connectivity index (χ2v) is 9.35. The lowest BCUT2D eigenvalue weighted by molar-refractivity contribution is -0.187. The molecule has 0 aliphatic heterocycles. The Morgan fingerprint density at radius 2 is 1.75 bits per heavy atom. The van der Waals surface area contributed by atoms with Gasteiger partial charge in [-0.05, 0) is 38.2 Å².